The molecule has 0 amide bonds. The molecule has 0 rings (SSSR count). The molecule has 0 unspecified atom stereocenters. The van der Waals surface area contributed by atoms with Gasteiger partial charge in [-0.25, -0.2) is 8.42 Å². The maximum Gasteiger partial charge on any atom is 1.00 e. The maximum absolute atomic E-state index is 9.50. The normalized spacial score (nSPS) is 7.88. The van der Waals surface area contributed by atoms with Crippen molar-refractivity contribution < 1.29 is 126 Å². The van der Waals surface area contributed by atoms with E-state index in [9.17, 15) is 19.8 Å². The molecule has 0 aromatic rings. The molecule has 78 valence electrons. The smallest absolute Gasteiger partial charge is 0.726 e. The first-order valence-corrected chi connectivity index (χ1v) is 4.07. The van der Waals surface area contributed by atoms with E-state index in [1.807, 2.05) is 0 Å². The fraction of sp³-hybridized carbons (Fsp3) is 0.500. The van der Waals surface area contributed by atoms with E-state index < -0.39 is 35.2 Å². The number of carbonyl (C=O) groups excluding carboxylic acids is 2. The summed E-state index contributed by atoms with van der Waals surface area (Å²) in [6, 6.07) is 0. The van der Waals surface area contributed by atoms with Crippen LogP contribution in [0.1, 0.15) is 12.8 Å². The summed E-state index contributed by atoms with van der Waals surface area (Å²) in [6.45, 7) is 0. The Kier molecular flexibility index (Phi) is 32.2. The molecule has 0 aliphatic heterocycles. The van der Waals surface area contributed by atoms with Gasteiger partial charge in [-0.3, -0.25) is 4.55 Å². The zero-order valence-electron chi connectivity index (χ0n) is 9.13. The largest absolute Gasteiger partial charge is 1.00 e. The Hall–Kier alpha value is 1.81. The van der Waals surface area contributed by atoms with Crippen molar-refractivity contribution >= 4 is 22.3 Å². The minimum absolute atomic E-state index is 0. The van der Waals surface area contributed by atoms with Crippen molar-refractivity contribution in [2.45, 2.75) is 12.8 Å². The predicted molar refractivity (Wildman–Crippen MR) is 31.6 cm³/mol. The topological polar surface area (TPSA) is 158 Å². The molecule has 1 N–H and O–H groups in total. The molecule has 0 saturated heterocycles. The van der Waals surface area contributed by atoms with Crippen molar-refractivity contribution in [1.29, 1.82) is 0 Å². The summed E-state index contributed by atoms with van der Waals surface area (Å²) in [5.41, 5.74) is 0. The van der Waals surface area contributed by atoms with Crippen LogP contribution in [0.2, 0.25) is 0 Å². The summed E-state index contributed by atoms with van der Waals surface area (Å²) in [5, 5.41) is 19.0. The molecule has 8 nitrogen and oxygen atoms in total. The van der Waals surface area contributed by atoms with Gasteiger partial charge in [-0.2, -0.15) is 0 Å². The fourth-order valence-corrected chi connectivity index (χ4v) is 0.204. The van der Waals surface area contributed by atoms with Gasteiger partial charge in [0.15, 0.2) is 0 Å². The molecule has 12 heteroatoms. The molecule has 0 spiro atoms. The number of carboxylic acids is 2. The third-order valence-corrected chi connectivity index (χ3v) is 0.533. The quantitative estimate of drug-likeness (QED) is 0.303. The Balaban J connectivity index is -0.0000000454. The molecule has 0 bridgehead atoms. The minimum Gasteiger partial charge on any atom is -0.726 e. The molecule has 0 atom stereocenters. The number of hydrogen-bond acceptors (Lipinski definition) is 7. The number of aliphatic carboxylic acids is 2. The standard InChI is InChI=1S/C4H6O4.3Na.H2O4S/c5-3(6)1-2-4(7)8;;;;1-5(2,3)4/h1-2H2,(H,5,6)(H,7,8);;;;(H2,1,2,3,4)/q;3*+1;/p-3. The van der Waals surface area contributed by atoms with E-state index in [0.717, 1.165) is 0 Å². The van der Waals surface area contributed by atoms with Crippen molar-refractivity contribution in [2.24, 2.45) is 0 Å². The monoisotopic (exact) mass is 282 g/mol. The van der Waals surface area contributed by atoms with Crippen LogP contribution in [0.15, 0.2) is 0 Å². The van der Waals surface area contributed by atoms with E-state index in [1.54, 1.807) is 0 Å². The zero-order valence-corrected chi connectivity index (χ0v) is 15.9. The molecule has 0 aromatic carbocycles. The van der Waals surface area contributed by atoms with Crippen LogP contribution < -0.4 is 98.9 Å². The van der Waals surface area contributed by atoms with Crippen molar-refractivity contribution in [2.75, 3.05) is 0 Å². The average Bonchev–Trinajstić information content (AvgIpc) is 1.79. The van der Waals surface area contributed by atoms with Gasteiger partial charge < -0.3 is 24.4 Å². The van der Waals surface area contributed by atoms with Gasteiger partial charge in [0.2, 0.25) is 10.4 Å². The van der Waals surface area contributed by atoms with E-state index in [1.165, 1.54) is 0 Å². The molecule has 0 aliphatic carbocycles. The van der Waals surface area contributed by atoms with Crippen LogP contribution in [0.5, 0.6) is 0 Å². The second-order valence-corrected chi connectivity index (χ2v) is 2.53. The van der Waals surface area contributed by atoms with Crippen molar-refractivity contribution in [3.8, 4) is 0 Å². The first-order valence-electron chi connectivity index (χ1n) is 2.71. The minimum atomic E-state index is -4.92. The Morgan fingerprint density at radius 3 is 1.12 bits per heavy atom. The van der Waals surface area contributed by atoms with Crippen molar-refractivity contribution in [3.63, 3.8) is 0 Å². The van der Waals surface area contributed by atoms with E-state index in [4.69, 9.17) is 17.5 Å². The van der Waals surface area contributed by atoms with E-state index in [-0.39, 0.29) is 88.7 Å². The number of hydrogen-bond donors (Lipinski definition) is 1. The van der Waals surface area contributed by atoms with Gasteiger partial charge in [-0.1, -0.05) is 0 Å². The van der Waals surface area contributed by atoms with Crippen LogP contribution in [0.3, 0.4) is 0 Å². The Morgan fingerprint density at radius 1 is 0.938 bits per heavy atom. The first kappa shape index (κ1) is 30.7. The number of rotatable bonds is 3. The second-order valence-electron chi connectivity index (χ2n) is 1.67. The third kappa shape index (κ3) is 74.8. The average molecular weight is 282 g/mol. The number of carbonyl (C=O) groups is 2. The predicted octanol–water partition coefficient (Wildman–Crippen LogP) is -12.7. The molecule has 0 aromatic heterocycles. The Bertz CT molecular complexity index is 253. The molecule has 0 radical (unpaired) electrons. The second kappa shape index (κ2) is 16.8. The van der Waals surface area contributed by atoms with Crippen LogP contribution >= 0.6 is 0 Å². The van der Waals surface area contributed by atoms with Gasteiger partial charge in [0.25, 0.3) is 0 Å². The molecule has 0 saturated carbocycles. The first-order chi connectivity index (χ1) is 5.63. The van der Waals surface area contributed by atoms with Crippen molar-refractivity contribution in [1.82, 2.24) is 0 Å². The molecule has 0 heterocycles. The summed E-state index contributed by atoms with van der Waals surface area (Å²) >= 11 is 0. The van der Waals surface area contributed by atoms with Crippen LogP contribution in [-0.2, 0) is 20.0 Å². The summed E-state index contributed by atoms with van der Waals surface area (Å²) in [5.74, 6) is -2.73. The summed E-state index contributed by atoms with van der Waals surface area (Å²) < 4.78 is 32.8. The van der Waals surface area contributed by atoms with Gasteiger partial charge in [0.05, 0.1) is 0 Å². The molecule has 16 heavy (non-hydrogen) atoms. The Morgan fingerprint density at radius 2 is 1.06 bits per heavy atom. The van der Waals surface area contributed by atoms with Crippen LogP contribution in [-0.4, -0.2) is 29.5 Å². The maximum atomic E-state index is 9.50. The van der Waals surface area contributed by atoms with Gasteiger partial charge in [-0.15, -0.1) is 0 Å². The molecule has 0 fully saturated rings. The summed E-state index contributed by atoms with van der Waals surface area (Å²) in [7, 11) is -4.92. The van der Waals surface area contributed by atoms with Crippen molar-refractivity contribution in [3.05, 3.63) is 0 Å². The molecular formula is C4H5Na3O8S. The number of carboxylic acid groups (broad SMARTS) is 2. The fourth-order valence-electron chi connectivity index (χ4n) is 0.204. The van der Waals surface area contributed by atoms with Gasteiger partial charge >= 0.3 is 88.7 Å². The van der Waals surface area contributed by atoms with Crippen LogP contribution in [0.25, 0.3) is 0 Å². The Labute approximate surface area is 159 Å². The SMILES string of the molecule is O=C([O-])CCC(=O)[O-].O=S(=O)([O-])O.[Na+].[Na+].[Na+]. The summed E-state index contributed by atoms with van der Waals surface area (Å²) in [4.78, 5) is 19.0. The van der Waals surface area contributed by atoms with E-state index >= 15 is 0 Å². The molecule has 0 aliphatic rings. The van der Waals surface area contributed by atoms with Crippen LogP contribution in [0, 0.1) is 0 Å². The van der Waals surface area contributed by atoms with Gasteiger partial charge in [0, 0.05) is 11.9 Å². The van der Waals surface area contributed by atoms with E-state index in [2.05, 4.69) is 0 Å². The third-order valence-electron chi connectivity index (χ3n) is 0.533. The summed E-state index contributed by atoms with van der Waals surface area (Å²) in [6.07, 6.45) is -0.940. The van der Waals surface area contributed by atoms with E-state index in [0.29, 0.717) is 0 Å². The van der Waals surface area contributed by atoms with Crippen LogP contribution in [0.4, 0.5) is 0 Å². The van der Waals surface area contributed by atoms with Gasteiger partial charge in [0.1, 0.15) is 0 Å². The van der Waals surface area contributed by atoms with Gasteiger partial charge in [-0.05, 0) is 12.8 Å². The zero-order chi connectivity index (χ0) is 11.1. The molecular weight excluding hydrogens is 277 g/mol.